The lowest BCUT2D eigenvalue weighted by Gasteiger charge is -2.34. The number of H-pyrrole nitrogens is 1. The molecule has 1 amide bonds. The molecule has 1 heterocycles. The van der Waals surface area contributed by atoms with Gasteiger partial charge in [0, 0.05) is 17.2 Å². The molecule has 4 nitrogen and oxygen atoms in total. The first kappa shape index (κ1) is 20.4. The molecule has 1 aromatic heterocycles. The van der Waals surface area contributed by atoms with E-state index in [0.29, 0.717) is 17.7 Å². The third-order valence-corrected chi connectivity index (χ3v) is 6.51. The molecular formula is C26H30N2O2. The van der Waals surface area contributed by atoms with Gasteiger partial charge in [0.05, 0.1) is 12.1 Å². The van der Waals surface area contributed by atoms with E-state index in [4.69, 9.17) is 0 Å². The average molecular weight is 403 g/mol. The van der Waals surface area contributed by atoms with E-state index in [1.54, 1.807) is 0 Å². The number of hydrogen-bond acceptors (Lipinski definition) is 2. The number of carbonyl (C=O) groups is 1. The highest BCUT2D eigenvalue weighted by Crippen LogP contribution is 2.26. The average Bonchev–Trinajstić information content (AvgIpc) is 2.75. The van der Waals surface area contributed by atoms with Crippen LogP contribution in [-0.4, -0.2) is 21.8 Å². The van der Waals surface area contributed by atoms with Crippen LogP contribution in [0, 0.1) is 20.8 Å². The summed E-state index contributed by atoms with van der Waals surface area (Å²) >= 11 is 0. The van der Waals surface area contributed by atoms with Crippen molar-refractivity contribution in [2.24, 2.45) is 0 Å². The molecule has 2 aromatic carbocycles. The molecule has 30 heavy (non-hydrogen) atoms. The lowest BCUT2D eigenvalue weighted by atomic mass is 9.93. The Labute approximate surface area is 177 Å². The molecule has 0 atom stereocenters. The van der Waals surface area contributed by atoms with E-state index >= 15 is 0 Å². The molecule has 0 spiro atoms. The van der Waals surface area contributed by atoms with Crippen LogP contribution >= 0.6 is 0 Å². The van der Waals surface area contributed by atoms with E-state index in [1.807, 2.05) is 62.1 Å². The lowest BCUT2D eigenvalue weighted by Crippen LogP contribution is -2.42. The number of fused-ring (bicyclic) bond motifs is 1. The number of carbonyl (C=O) groups excluding carboxylic acids is 1. The molecule has 0 unspecified atom stereocenters. The Hall–Kier alpha value is -2.88. The van der Waals surface area contributed by atoms with Crippen LogP contribution < -0.4 is 5.56 Å². The second kappa shape index (κ2) is 8.47. The van der Waals surface area contributed by atoms with Crippen molar-refractivity contribution in [1.29, 1.82) is 0 Å². The van der Waals surface area contributed by atoms with Crippen LogP contribution in [0.2, 0.25) is 0 Å². The van der Waals surface area contributed by atoms with Crippen molar-refractivity contribution < 1.29 is 4.79 Å². The second-order valence-electron chi connectivity index (χ2n) is 8.69. The number of nitrogens with one attached hydrogen (secondary N) is 1. The van der Waals surface area contributed by atoms with Crippen LogP contribution in [0.1, 0.15) is 64.7 Å². The summed E-state index contributed by atoms with van der Waals surface area (Å²) in [5.74, 6) is 0.0187. The van der Waals surface area contributed by atoms with Gasteiger partial charge in [-0.3, -0.25) is 9.59 Å². The molecule has 1 saturated carbocycles. The topological polar surface area (TPSA) is 53.2 Å². The van der Waals surface area contributed by atoms with Gasteiger partial charge in [0.15, 0.2) is 0 Å². The van der Waals surface area contributed by atoms with E-state index in [0.717, 1.165) is 53.3 Å². The maximum atomic E-state index is 13.5. The smallest absolute Gasteiger partial charge is 0.254 e. The van der Waals surface area contributed by atoms with Gasteiger partial charge in [-0.25, -0.2) is 0 Å². The fraction of sp³-hybridized carbons (Fsp3) is 0.385. The number of benzene rings is 2. The van der Waals surface area contributed by atoms with Crippen LogP contribution in [0.4, 0.5) is 0 Å². The van der Waals surface area contributed by atoms with E-state index in [-0.39, 0.29) is 17.5 Å². The molecule has 0 aliphatic heterocycles. The number of aromatic amines is 1. The zero-order chi connectivity index (χ0) is 21.3. The van der Waals surface area contributed by atoms with Gasteiger partial charge in [0.1, 0.15) is 0 Å². The van der Waals surface area contributed by atoms with Gasteiger partial charge in [-0.1, -0.05) is 49.1 Å². The Morgan fingerprint density at radius 3 is 2.53 bits per heavy atom. The largest absolute Gasteiger partial charge is 0.331 e. The van der Waals surface area contributed by atoms with Crippen molar-refractivity contribution in [2.75, 3.05) is 0 Å². The zero-order valence-corrected chi connectivity index (χ0v) is 18.1. The minimum Gasteiger partial charge on any atom is -0.331 e. The minimum absolute atomic E-state index is 0.0187. The quantitative estimate of drug-likeness (QED) is 0.633. The molecule has 0 saturated heterocycles. The van der Waals surface area contributed by atoms with Crippen molar-refractivity contribution >= 4 is 16.8 Å². The first-order chi connectivity index (χ1) is 14.4. The fourth-order valence-electron chi connectivity index (χ4n) is 4.57. The fourth-order valence-corrected chi connectivity index (χ4v) is 4.57. The summed E-state index contributed by atoms with van der Waals surface area (Å²) in [4.78, 5) is 31.4. The summed E-state index contributed by atoms with van der Waals surface area (Å²) in [5.41, 5.74) is 5.45. The van der Waals surface area contributed by atoms with Crippen LogP contribution in [0.25, 0.3) is 10.9 Å². The zero-order valence-electron chi connectivity index (χ0n) is 18.1. The van der Waals surface area contributed by atoms with Crippen LogP contribution in [0.15, 0.2) is 47.3 Å². The molecular weight excluding hydrogens is 372 g/mol. The van der Waals surface area contributed by atoms with Crippen LogP contribution in [0.5, 0.6) is 0 Å². The number of hydrogen-bond donors (Lipinski definition) is 1. The number of amides is 1. The van der Waals surface area contributed by atoms with Crippen molar-refractivity contribution in [2.45, 2.75) is 65.5 Å². The predicted octanol–water partition coefficient (Wildman–Crippen LogP) is 5.43. The van der Waals surface area contributed by atoms with Gasteiger partial charge in [-0.05, 0) is 68.3 Å². The summed E-state index contributed by atoms with van der Waals surface area (Å²) in [5, 5.41) is 1.01. The summed E-state index contributed by atoms with van der Waals surface area (Å²) in [7, 11) is 0. The summed E-state index contributed by atoms with van der Waals surface area (Å²) in [6.45, 7) is 6.42. The van der Waals surface area contributed by atoms with Gasteiger partial charge in [-0.15, -0.1) is 0 Å². The van der Waals surface area contributed by atoms with Crippen molar-refractivity contribution in [1.82, 2.24) is 9.88 Å². The molecule has 1 aliphatic carbocycles. The first-order valence-electron chi connectivity index (χ1n) is 10.9. The standard InChI is InChI=1S/C26H30N2O2/c1-17-8-7-9-21(14-17)26(30)28(23-10-5-4-6-11-23)16-22-15-20-13-12-18(2)19(3)24(20)27-25(22)29/h7-9,12-15,23H,4-6,10-11,16H2,1-3H3,(H,27,29). The Bertz CT molecular complexity index is 1140. The first-order valence-corrected chi connectivity index (χ1v) is 10.9. The highest BCUT2D eigenvalue weighted by Gasteiger charge is 2.27. The number of pyridine rings is 1. The molecule has 3 aromatic rings. The van der Waals surface area contributed by atoms with Crippen molar-refractivity contribution in [3.8, 4) is 0 Å². The van der Waals surface area contributed by atoms with Crippen molar-refractivity contribution in [3.63, 3.8) is 0 Å². The van der Waals surface area contributed by atoms with Gasteiger partial charge in [0.25, 0.3) is 11.5 Å². The normalized spacial score (nSPS) is 14.8. The van der Waals surface area contributed by atoms with Gasteiger partial charge in [-0.2, -0.15) is 0 Å². The summed E-state index contributed by atoms with van der Waals surface area (Å²) < 4.78 is 0. The third-order valence-electron chi connectivity index (χ3n) is 6.51. The molecule has 1 fully saturated rings. The van der Waals surface area contributed by atoms with Crippen LogP contribution in [-0.2, 0) is 6.54 Å². The predicted molar refractivity (Wildman–Crippen MR) is 122 cm³/mol. The highest BCUT2D eigenvalue weighted by atomic mass is 16.2. The Kier molecular flexibility index (Phi) is 5.76. The number of nitrogens with zero attached hydrogens (tertiary/aromatic N) is 1. The lowest BCUT2D eigenvalue weighted by molar-refractivity contribution is 0.0613. The third kappa shape index (κ3) is 4.04. The Morgan fingerprint density at radius 1 is 1.03 bits per heavy atom. The maximum Gasteiger partial charge on any atom is 0.254 e. The monoisotopic (exact) mass is 402 g/mol. The molecule has 1 N–H and O–H groups in total. The Morgan fingerprint density at radius 2 is 1.80 bits per heavy atom. The van der Waals surface area contributed by atoms with Gasteiger partial charge >= 0.3 is 0 Å². The van der Waals surface area contributed by atoms with Crippen molar-refractivity contribution in [3.05, 3.63) is 80.6 Å². The summed E-state index contributed by atoms with van der Waals surface area (Å²) in [6, 6.07) is 14.0. The Balaban J connectivity index is 1.73. The molecule has 0 radical (unpaired) electrons. The summed E-state index contributed by atoms with van der Waals surface area (Å²) in [6.07, 6.45) is 5.49. The van der Waals surface area contributed by atoms with E-state index < -0.39 is 0 Å². The molecule has 1 aliphatic rings. The molecule has 4 rings (SSSR count). The molecule has 156 valence electrons. The van der Waals surface area contributed by atoms with E-state index in [9.17, 15) is 9.59 Å². The van der Waals surface area contributed by atoms with E-state index in [2.05, 4.69) is 11.1 Å². The maximum absolute atomic E-state index is 13.5. The van der Waals surface area contributed by atoms with E-state index in [1.165, 1.54) is 6.42 Å². The molecule has 0 bridgehead atoms. The SMILES string of the molecule is Cc1cccc(C(=O)N(Cc2cc3ccc(C)c(C)c3[nH]c2=O)C2CCCCC2)c1. The highest BCUT2D eigenvalue weighted by molar-refractivity contribution is 5.94. The number of rotatable bonds is 4. The molecule has 4 heteroatoms. The number of aromatic nitrogens is 1. The van der Waals surface area contributed by atoms with Gasteiger partial charge < -0.3 is 9.88 Å². The number of aryl methyl sites for hydroxylation is 3. The second-order valence-corrected chi connectivity index (χ2v) is 8.69. The van der Waals surface area contributed by atoms with Gasteiger partial charge in [0.2, 0.25) is 0 Å². The minimum atomic E-state index is -0.103. The van der Waals surface area contributed by atoms with Crippen LogP contribution in [0.3, 0.4) is 0 Å².